The van der Waals surface area contributed by atoms with Gasteiger partial charge in [0, 0.05) is 62.8 Å². The predicted molar refractivity (Wildman–Crippen MR) is 266 cm³/mol. The van der Waals surface area contributed by atoms with E-state index in [4.69, 9.17) is 0 Å². The predicted octanol–water partition coefficient (Wildman–Crippen LogP) is 9.60. The first-order chi connectivity index (χ1) is 32.6. The van der Waals surface area contributed by atoms with Crippen LogP contribution in [0.3, 0.4) is 0 Å². The first-order valence-electron chi connectivity index (χ1n) is 25.6. The summed E-state index contributed by atoms with van der Waals surface area (Å²) in [5, 5.41) is 0. The maximum Gasteiger partial charge on any atom is 0.340 e. The summed E-state index contributed by atoms with van der Waals surface area (Å²) in [6, 6.07) is 43.8. The third-order valence-corrected chi connectivity index (χ3v) is 20.8. The van der Waals surface area contributed by atoms with E-state index in [1.54, 1.807) is 11.1 Å². The summed E-state index contributed by atoms with van der Waals surface area (Å²) in [6.07, 6.45) is 12.8. The van der Waals surface area contributed by atoms with Crippen LogP contribution >= 0.6 is 0 Å². The van der Waals surface area contributed by atoms with Gasteiger partial charge in [-0.05, 0) is 192 Å². The molecule has 66 heavy (non-hydrogen) atoms. The molecule has 5 aromatic carbocycles. The van der Waals surface area contributed by atoms with Gasteiger partial charge in [-0.1, -0.05) is 72.8 Å². The molecule has 8 heteroatoms. The van der Waals surface area contributed by atoms with Crippen LogP contribution in [0.4, 0.5) is 22.7 Å². The number of fused-ring (bicyclic) bond motifs is 13. The highest BCUT2D eigenvalue weighted by molar-refractivity contribution is 6.98. The molecule has 12 aliphatic rings. The third kappa shape index (κ3) is 3.54. The van der Waals surface area contributed by atoms with Crippen LogP contribution < -0.4 is 37.2 Å². The molecule has 8 aromatic rings. The summed E-state index contributed by atoms with van der Waals surface area (Å²) in [7, 11) is 0. The second kappa shape index (κ2) is 11.0. The Morgan fingerprint density at radius 1 is 0.470 bits per heavy atom. The Bertz CT molecular complexity index is 3690. The molecule has 7 atom stereocenters. The number of para-hydroxylation sites is 4. The number of rotatable bonds is 2. The highest BCUT2D eigenvalue weighted by Crippen LogP contribution is 2.76. The van der Waals surface area contributed by atoms with E-state index in [-0.39, 0.29) is 19.4 Å². The van der Waals surface area contributed by atoms with E-state index < -0.39 is 0 Å². The summed E-state index contributed by atoms with van der Waals surface area (Å²) >= 11 is 0. The summed E-state index contributed by atoms with van der Waals surface area (Å²) < 4.78 is 7.67. The fraction of sp³-hybridized carbons (Fsp3) is 0.328. The van der Waals surface area contributed by atoms with E-state index in [1.807, 2.05) is 0 Å². The van der Waals surface area contributed by atoms with E-state index in [1.165, 1.54) is 159 Å². The maximum absolute atomic E-state index is 16.9. The number of benzene rings is 5. The van der Waals surface area contributed by atoms with Gasteiger partial charge in [-0.15, -0.1) is 0 Å². The first kappa shape index (κ1) is 34.2. The van der Waals surface area contributed by atoms with Crippen molar-refractivity contribution in [2.45, 2.75) is 87.9 Å². The van der Waals surface area contributed by atoms with E-state index >= 15 is 4.79 Å². The molecular weight excluding hydrogens is 804 g/mol. The Kier molecular flexibility index (Phi) is 5.70. The number of anilines is 4. The van der Waals surface area contributed by atoms with Crippen molar-refractivity contribution in [2.75, 3.05) is 9.62 Å². The minimum atomic E-state index is -0.0800. The van der Waals surface area contributed by atoms with Crippen LogP contribution in [0.5, 0.6) is 0 Å². The molecule has 0 radical (unpaired) electrons. The molecule has 3 aromatic heterocycles. The molecule has 6 nitrogen and oxygen atoms in total. The van der Waals surface area contributed by atoms with Crippen molar-refractivity contribution in [1.29, 1.82) is 0 Å². The van der Waals surface area contributed by atoms with Crippen LogP contribution in [0, 0.1) is 29.1 Å². The van der Waals surface area contributed by atoms with Gasteiger partial charge in [-0.2, -0.15) is 0 Å². The lowest BCUT2D eigenvalue weighted by Gasteiger charge is -2.49. The standard InChI is InChI=1S/C58H47B2N5O/c66-57-62-52-33-22-30-19-31(23-33)21-32(20-30)46(52)50-55(62)61-54-48-42(40-15-7-9-17-44(40)64(59(48)50)38-11-3-1-4-12-38)27-43-41-16-8-10-18-45(41)65(39-13-5-2-6-14-39)60(49(43)54)51-47-34-24-36-26-37-25-35(29-58(36,37)28-34)53(47)63(57)56(51)61/h1-18,27,30-37H,19-26,28-29H2. The van der Waals surface area contributed by atoms with Crippen LogP contribution in [-0.2, 0) is 0 Å². The largest absolute Gasteiger partial charge is 0.376 e. The Balaban J connectivity index is 1.07. The lowest BCUT2D eigenvalue weighted by Crippen LogP contribution is -2.68. The minimum absolute atomic E-state index is 0.0785. The molecule has 20 rings (SSSR count). The van der Waals surface area contributed by atoms with E-state index in [0.717, 1.165) is 23.7 Å². The molecule has 5 fully saturated rings. The molecule has 7 bridgehead atoms. The zero-order chi connectivity index (χ0) is 42.2. The molecular formula is C58H47B2N5O. The van der Waals surface area contributed by atoms with Crippen LogP contribution in [0.25, 0.3) is 39.2 Å². The molecule has 0 amide bonds. The number of hydrogen-bond donors (Lipinski definition) is 0. The van der Waals surface area contributed by atoms with E-state index in [2.05, 4.69) is 138 Å². The Morgan fingerprint density at radius 3 is 1.58 bits per heavy atom. The van der Waals surface area contributed by atoms with Crippen molar-refractivity contribution in [3.05, 3.63) is 148 Å². The van der Waals surface area contributed by atoms with Crippen LogP contribution in [0.15, 0.2) is 120 Å². The van der Waals surface area contributed by atoms with Gasteiger partial charge in [0.25, 0.3) is 0 Å². The highest BCUT2D eigenvalue weighted by atomic mass is 16.1. The molecule has 4 aliphatic heterocycles. The van der Waals surface area contributed by atoms with Gasteiger partial charge in [0.2, 0.25) is 0 Å². The Labute approximate surface area is 384 Å². The van der Waals surface area contributed by atoms with Gasteiger partial charge in [0.15, 0.2) is 0 Å². The fourth-order valence-corrected chi connectivity index (χ4v) is 19.2. The molecule has 8 aliphatic carbocycles. The summed E-state index contributed by atoms with van der Waals surface area (Å²) in [5.74, 6) is 4.95. The molecule has 316 valence electrons. The highest BCUT2D eigenvalue weighted by Gasteiger charge is 2.68. The van der Waals surface area contributed by atoms with Gasteiger partial charge in [0.1, 0.15) is 11.3 Å². The van der Waals surface area contributed by atoms with Crippen molar-refractivity contribution < 1.29 is 0 Å². The van der Waals surface area contributed by atoms with Crippen molar-refractivity contribution in [1.82, 2.24) is 13.4 Å². The molecule has 1 spiro atoms. The zero-order valence-corrected chi connectivity index (χ0v) is 37.0. The molecule has 0 saturated heterocycles. The maximum atomic E-state index is 16.9. The van der Waals surface area contributed by atoms with E-state index in [0.29, 0.717) is 29.1 Å². The average molecular weight is 852 g/mol. The Morgan fingerprint density at radius 2 is 0.970 bits per heavy atom. The molecule has 0 N–H and O–H groups in total. The number of nitrogens with zero attached hydrogens (tertiary/aromatic N) is 5. The normalized spacial score (nSPS) is 30.4. The SMILES string of the molecule is O=c1n2c3c(c4c2n2c5c(c6c(n15)C1CC5CC7CC6CC75C1)B1c5c(cc6c(c5-2)B4N(c2ccccc2)c2ccccc2-6)-c2ccccc2N1c1ccccc1)C1CC2CC(C1)CC3C2. The Hall–Kier alpha value is -6.14. The quantitative estimate of drug-likeness (QED) is 0.163. The topological polar surface area (TPSA) is 37.3 Å². The van der Waals surface area contributed by atoms with E-state index in [9.17, 15) is 0 Å². The third-order valence-electron chi connectivity index (χ3n) is 20.8. The second-order valence-electron chi connectivity index (χ2n) is 23.2. The molecule has 7 heterocycles. The second-order valence-corrected chi connectivity index (χ2v) is 23.2. The monoisotopic (exact) mass is 851 g/mol. The lowest BCUT2D eigenvalue weighted by atomic mass is 9.38. The number of aromatic nitrogens is 3. The van der Waals surface area contributed by atoms with Gasteiger partial charge < -0.3 is 9.62 Å². The summed E-state index contributed by atoms with van der Waals surface area (Å²) in [5.41, 5.74) is 26.5. The van der Waals surface area contributed by atoms with Gasteiger partial charge in [-0.25, -0.2) is 4.79 Å². The van der Waals surface area contributed by atoms with Crippen molar-refractivity contribution in [3.63, 3.8) is 0 Å². The van der Waals surface area contributed by atoms with Gasteiger partial charge in [-0.3, -0.25) is 13.4 Å². The zero-order valence-electron chi connectivity index (χ0n) is 37.0. The van der Waals surface area contributed by atoms with Crippen molar-refractivity contribution in [3.8, 4) is 27.9 Å². The smallest absolute Gasteiger partial charge is 0.340 e. The van der Waals surface area contributed by atoms with Crippen LogP contribution in [-0.4, -0.2) is 27.1 Å². The minimum Gasteiger partial charge on any atom is -0.376 e. The fourth-order valence-electron chi connectivity index (χ4n) is 19.2. The molecule has 5 saturated carbocycles. The summed E-state index contributed by atoms with van der Waals surface area (Å²) in [6.45, 7) is -0.159. The van der Waals surface area contributed by atoms with Crippen LogP contribution in [0.1, 0.15) is 110 Å². The number of hydrogen-bond acceptors (Lipinski definition) is 3. The average Bonchev–Trinajstić information content (AvgIpc) is 4.01. The van der Waals surface area contributed by atoms with Crippen molar-refractivity contribution in [2.24, 2.45) is 29.1 Å². The van der Waals surface area contributed by atoms with Crippen molar-refractivity contribution >= 4 is 69.6 Å². The van der Waals surface area contributed by atoms with Gasteiger partial charge in [0.05, 0.1) is 0 Å². The molecule has 7 unspecified atom stereocenters. The summed E-state index contributed by atoms with van der Waals surface area (Å²) in [4.78, 5) is 22.3. The first-order valence-corrected chi connectivity index (χ1v) is 25.6. The lowest BCUT2D eigenvalue weighted by molar-refractivity contribution is 0.00321. The van der Waals surface area contributed by atoms with Crippen LogP contribution in [0.2, 0.25) is 0 Å². The van der Waals surface area contributed by atoms with Gasteiger partial charge >= 0.3 is 19.4 Å².